The molecule has 0 radical (unpaired) electrons. The van der Waals surface area contributed by atoms with Crippen LogP contribution in [0.4, 0.5) is 5.95 Å². The number of nitrogens with zero attached hydrogens (tertiary/aromatic N) is 5. The molecular formula is C8H13N5O2. The standard InChI is InChI=1S/C8H13N5O2/c1-5-3-4-13(6(5)7(14)15)8-9-10-11-12(8)2/h5-6H,3-4H2,1-2H3,(H,14,15). The van der Waals surface area contributed by atoms with Crippen molar-refractivity contribution < 1.29 is 9.90 Å². The molecule has 1 N–H and O–H groups in total. The zero-order valence-corrected chi connectivity index (χ0v) is 8.66. The van der Waals surface area contributed by atoms with Crippen LogP contribution in [0.25, 0.3) is 0 Å². The van der Waals surface area contributed by atoms with Gasteiger partial charge in [0.15, 0.2) is 0 Å². The number of carboxylic acids is 1. The summed E-state index contributed by atoms with van der Waals surface area (Å²) in [4.78, 5) is 12.9. The maximum atomic E-state index is 11.1. The predicted octanol–water partition coefficient (Wildman–Crippen LogP) is -0.491. The van der Waals surface area contributed by atoms with Crippen molar-refractivity contribution in [2.75, 3.05) is 11.4 Å². The number of aliphatic carboxylic acids is 1. The summed E-state index contributed by atoms with van der Waals surface area (Å²) in [5, 5.41) is 20.2. The third kappa shape index (κ3) is 1.53. The second-order valence-electron chi connectivity index (χ2n) is 3.84. The molecule has 1 aliphatic heterocycles. The topological polar surface area (TPSA) is 84.1 Å². The lowest BCUT2D eigenvalue weighted by Gasteiger charge is -2.22. The van der Waals surface area contributed by atoms with E-state index in [1.807, 2.05) is 6.92 Å². The van der Waals surface area contributed by atoms with Gasteiger partial charge in [-0.1, -0.05) is 12.0 Å². The Bertz CT molecular complexity index is 377. The van der Waals surface area contributed by atoms with Gasteiger partial charge in [-0.2, -0.15) is 0 Å². The number of hydrogen-bond donors (Lipinski definition) is 1. The number of aromatic nitrogens is 4. The van der Waals surface area contributed by atoms with E-state index in [-0.39, 0.29) is 5.92 Å². The summed E-state index contributed by atoms with van der Waals surface area (Å²) in [5.74, 6) is -0.172. The number of tetrazole rings is 1. The summed E-state index contributed by atoms with van der Waals surface area (Å²) >= 11 is 0. The Morgan fingerprint density at radius 1 is 1.60 bits per heavy atom. The minimum atomic E-state index is -0.817. The minimum absolute atomic E-state index is 0.124. The molecule has 0 aliphatic carbocycles. The smallest absolute Gasteiger partial charge is 0.326 e. The molecule has 0 bridgehead atoms. The second-order valence-corrected chi connectivity index (χ2v) is 3.84. The van der Waals surface area contributed by atoms with Crippen LogP contribution in [-0.2, 0) is 11.8 Å². The summed E-state index contributed by atoms with van der Waals surface area (Å²) in [6.45, 7) is 2.62. The third-order valence-electron chi connectivity index (χ3n) is 2.81. The fourth-order valence-corrected chi connectivity index (χ4v) is 2.02. The van der Waals surface area contributed by atoms with Crippen molar-refractivity contribution in [3.63, 3.8) is 0 Å². The van der Waals surface area contributed by atoms with Crippen molar-refractivity contribution in [3.8, 4) is 0 Å². The van der Waals surface area contributed by atoms with Crippen LogP contribution in [0.2, 0.25) is 0 Å². The van der Waals surface area contributed by atoms with Crippen molar-refractivity contribution in [3.05, 3.63) is 0 Å². The van der Waals surface area contributed by atoms with Gasteiger partial charge in [0.25, 0.3) is 0 Å². The fraction of sp³-hybridized carbons (Fsp3) is 0.750. The molecule has 2 rings (SSSR count). The van der Waals surface area contributed by atoms with Crippen molar-refractivity contribution in [2.24, 2.45) is 13.0 Å². The van der Waals surface area contributed by atoms with Crippen LogP contribution < -0.4 is 4.90 Å². The van der Waals surface area contributed by atoms with Gasteiger partial charge in [0.05, 0.1) is 0 Å². The lowest BCUT2D eigenvalue weighted by molar-refractivity contribution is -0.139. The number of aryl methyl sites for hydroxylation is 1. The van der Waals surface area contributed by atoms with E-state index >= 15 is 0 Å². The van der Waals surface area contributed by atoms with Gasteiger partial charge >= 0.3 is 5.97 Å². The molecule has 82 valence electrons. The van der Waals surface area contributed by atoms with Crippen LogP contribution >= 0.6 is 0 Å². The van der Waals surface area contributed by atoms with Gasteiger partial charge in [0, 0.05) is 13.6 Å². The molecule has 2 atom stereocenters. The van der Waals surface area contributed by atoms with E-state index in [0.29, 0.717) is 12.5 Å². The summed E-state index contributed by atoms with van der Waals surface area (Å²) in [6, 6.07) is -0.519. The summed E-state index contributed by atoms with van der Waals surface area (Å²) in [7, 11) is 1.71. The molecule has 0 spiro atoms. The normalized spacial score (nSPS) is 25.9. The maximum absolute atomic E-state index is 11.1. The van der Waals surface area contributed by atoms with E-state index in [1.54, 1.807) is 11.9 Å². The average Bonchev–Trinajstić information content (AvgIpc) is 2.71. The molecule has 1 fully saturated rings. The molecule has 2 unspecified atom stereocenters. The highest BCUT2D eigenvalue weighted by Gasteiger charge is 2.38. The van der Waals surface area contributed by atoms with Gasteiger partial charge in [-0.3, -0.25) is 0 Å². The van der Waals surface area contributed by atoms with Crippen LogP contribution in [-0.4, -0.2) is 43.9 Å². The molecular weight excluding hydrogens is 198 g/mol. The largest absolute Gasteiger partial charge is 0.480 e. The van der Waals surface area contributed by atoms with E-state index in [2.05, 4.69) is 15.5 Å². The highest BCUT2D eigenvalue weighted by Crippen LogP contribution is 2.27. The van der Waals surface area contributed by atoms with Crippen LogP contribution in [0.1, 0.15) is 13.3 Å². The lowest BCUT2D eigenvalue weighted by Crippen LogP contribution is -2.40. The number of carboxylic acid groups (broad SMARTS) is 1. The van der Waals surface area contributed by atoms with E-state index in [0.717, 1.165) is 6.42 Å². The van der Waals surface area contributed by atoms with E-state index in [1.165, 1.54) is 4.68 Å². The van der Waals surface area contributed by atoms with Gasteiger partial charge < -0.3 is 10.0 Å². The lowest BCUT2D eigenvalue weighted by atomic mass is 10.0. The van der Waals surface area contributed by atoms with Crippen molar-refractivity contribution in [1.29, 1.82) is 0 Å². The maximum Gasteiger partial charge on any atom is 0.326 e. The van der Waals surface area contributed by atoms with Crippen molar-refractivity contribution in [2.45, 2.75) is 19.4 Å². The molecule has 1 aromatic heterocycles. The monoisotopic (exact) mass is 211 g/mol. The Balaban J connectivity index is 2.30. The molecule has 7 nitrogen and oxygen atoms in total. The third-order valence-corrected chi connectivity index (χ3v) is 2.81. The first kappa shape index (κ1) is 9.88. The molecule has 7 heteroatoms. The molecule has 0 saturated carbocycles. The Morgan fingerprint density at radius 3 is 2.87 bits per heavy atom. The second kappa shape index (κ2) is 3.48. The molecule has 2 heterocycles. The Kier molecular flexibility index (Phi) is 2.29. The van der Waals surface area contributed by atoms with Crippen LogP contribution in [0.15, 0.2) is 0 Å². The first-order chi connectivity index (χ1) is 7.11. The van der Waals surface area contributed by atoms with E-state index in [9.17, 15) is 4.79 Å². The van der Waals surface area contributed by atoms with Gasteiger partial charge in [0.2, 0.25) is 5.95 Å². The minimum Gasteiger partial charge on any atom is -0.480 e. The van der Waals surface area contributed by atoms with Crippen LogP contribution in [0.3, 0.4) is 0 Å². The highest BCUT2D eigenvalue weighted by atomic mass is 16.4. The highest BCUT2D eigenvalue weighted by molar-refractivity contribution is 5.78. The Hall–Kier alpha value is -1.66. The van der Waals surface area contributed by atoms with E-state index in [4.69, 9.17) is 5.11 Å². The predicted molar refractivity (Wildman–Crippen MR) is 51.3 cm³/mol. The number of hydrogen-bond acceptors (Lipinski definition) is 5. The number of anilines is 1. The fourth-order valence-electron chi connectivity index (χ4n) is 2.02. The van der Waals surface area contributed by atoms with Crippen molar-refractivity contribution >= 4 is 11.9 Å². The van der Waals surface area contributed by atoms with Crippen LogP contribution in [0.5, 0.6) is 0 Å². The van der Waals surface area contributed by atoms with Gasteiger partial charge in [-0.25, -0.2) is 9.48 Å². The van der Waals surface area contributed by atoms with Crippen LogP contribution in [0, 0.1) is 5.92 Å². The Morgan fingerprint density at radius 2 is 2.33 bits per heavy atom. The molecule has 0 amide bonds. The van der Waals surface area contributed by atoms with Crippen molar-refractivity contribution in [1.82, 2.24) is 20.2 Å². The summed E-state index contributed by atoms with van der Waals surface area (Å²) < 4.78 is 1.49. The summed E-state index contributed by atoms with van der Waals surface area (Å²) in [6.07, 6.45) is 0.851. The zero-order chi connectivity index (χ0) is 11.0. The molecule has 0 aromatic carbocycles. The number of rotatable bonds is 2. The van der Waals surface area contributed by atoms with E-state index < -0.39 is 12.0 Å². The number of carbonyl (C=O) groups is 1. The van der Waals surface area contributed by atoms with Gasteiger partial charge in [0.1, 0.15) is 6.04 Å². The quantitative estimate of drug-likeness (QED) is 0.710. The van der Waals surface area contributed by atoms with Gasteiger partial charge in [-0.15, -0.1) is 0 Å². The first-order valence-electron chi connectivity index (χ1n) is 4.83. The molecule has 15 heavy (non-hydrogen) atoms. The Labute approximate surface area is 86.7 Å². The molecule has 1 aliphatic rings. The first-order valence-corrected chi connectivity index (χ1v) is 4.83. The summed E-state index contributed by atoms with van der Waals surface area (Å²) in [5.41, 5.74) is 0. The van der Waals surface area contributed by atoms with Gasteiger partial charge in [-0.05, 0) is 22.8 Å². The molecule has 1 aromatic rings. The average molecular weight is 211 g/mol. The SMILES string of the molecule is CC1CCN(c2nnnn2C)C1C(=O)O. The molecule has 1 saturated heterocycles. The zero-order valence-electron chi connectivity index (χ0n) is 8.66.